The molecule has 1 aromatic rings. The summed E-state index contributed by atoms with van der Waals surface area (Å²) in [6, 6.07) is 8.11. The average molecular weight is 379 g/mol. The van der Waals surface area contributed by atoms with Gasteiger partial charge in [0, 0.05) is 52.4 Å². The molecule has 2 N–H and O–H groups in total. The summed E-state index contributed by atoms with van der Waals surface area (Å²) in [5, 5.41) is 6.63. The highest BCUT2D eigenvalue weighted by Crippen LogP contribution is 2.17. The lowest BCUT2D eigenvalue weighted by Gasteiger charge is -2.26. The van der Waals surface area contributed by atoms with Gasteiger partial charge in [-0.2, -0.15) is 0 Å². The van der Waals surface area contributed by atoms with Gasteiger partial charge in [-0.1, -0.05) is 18.2 Å². The van der Waals surface area contributed by atoms with Gasteiger partial charge in [-0.25, -0.2) is 0 Å². The van der Waals surface area contributed by atoms with Gasteiger partial charge in [-0.05, 0) is 19.9 Å². The summed E-state index contributed by atoms with van der Waals surface area (Å²) in [4.78, 5) is 6.64. The summed E-state index contributed by atoms with van der Waals surface area (Å²) < 4.78 is 16.8. The first kappa shape index (κ1) is 21.5. The molecule has 0 unspecified atom stereocenters. The SMILES string of the molecule is CN=C(NCc1ccccc1OCCN1CCOCC1)NCC(C)(C)OC. The highest BCUT2D eigenvalue weighted by molar-refractivity contribution is 5.79. The number of hydrogen-bond acceptors (Lipinski definition) is 5. The molecule has 1 aromatic carbocycles. The minimum Gasteiger partial charge on any atom is -0.492 e. The second-order valence-electron chi connectivity index (χ2n) is 7.15. The molecule has 0 bridgehead atoms. The van der Waals surface area contributed by atoms with E-state index >= 15 is 0 Å². The lowest BCUT2D eigenvalue weighted by atomic mass is 10.1. The van der Waals surface area contributed by atoms with Crippen molar-refractivity contribution in [2.45, 2.75) is 26.0 Å². The number of benzene rings is 1. The normalized spacial score (nSPS) is 16.2. The lowest BCUT2D eigenvalue weighted by molar-refractivity contribution is 0.0268. The van der Waals surface area contributed by atoms with Gasteiger partial charge in [0.25, 0.3) is 0 Å². The molecule has 7 heteroatoms. The fraction of sp³-hybridized carbons (Fsp3) is 0.650. The van der Waals surface area contributed by atoms with Crippen molar-refractivity contribution in [1.29, 1.82) is 0 Å². The van der Waals surface area contributed by atoms with Gasteiger partial charge in [0.1, 0.15) is 12.4 Å². The van der Waals surface area contributed by atoms with Gasteiger partial charge in [-0.15, -0.1) is 0 Å². The zero-order chi connectivity index (χ0) is 19.5. The van der Waals surface area contributed by atoms with E-state index < -0.39 is 0 Å². The maximum Gasteiger partial charge on any atom is 0.191 e. The Morgan fingerprint density at radius 3 is 2.67 bits per heavy atom. The molecule has 1 heterocycles. The molecule has 1 aliphatic heterocycles. The first-order valence-electron chi connectivity index (χ1n) is 9.54. The van der Waals surface area contributed by atoms with E-state index in [9.17, 15) is 0 Å². The molecular weight excluding hydrogens is 344 g/mol. The van der Waals surface area contributed by atoms with Crippen molar-refractivity contribution >= 4 is 5.96 Å². The third-order valence-electron chi connectivity index (χ3n) is 4.65. The van der Waals surface area contributed by atoms with Gasteiger partial charge in [0.15, 0.2) is 5.96 Å². The highest BCUT2D eigenvalue weighted by atomic mass is 16.5. The fourth-order valence-electron chi connectivity index (χ4n) is 2.67. The Hall–Kier alpha value is -1.83. The number of nitrogens with zero attached hydrogens (tertiary/aromatic N) is 2. The Bertz CT molecular complexity index is 586. The summed E-state index contributed by atoms with van der Waals surface area (Å²) in [7, 11) is 3.47. The summed E-state index contributed by atoms with van der Waals surface area (Å²) in [5.41, 5.74) is 0.853. The Morgan fingerprint density at radius 2 is 1.96 bits per heavy atom. The molecule has 0 aromatic heterocycles. The van der Waals surface area contributed by atoms with Crippen molar-refractivity contribution in [3.05, 3.63) is 29.8 Å². The van der Waals surface area contributed by atoms with E-state index in [1.165, 1.54) is 0 Å². The Morgan fingerprint density at radius 1 is 1.22 bits per heavy atom. The first-order chi connectivity index (χ1) is 13.0. The van der Waals surface area contributed by atoms with Gasteiger partial charge in [0.2, 0.25) is 0 Å². The Balaban J connectivity index is 1.81. The molecule has 1 aliphatic rings. The number of hydrogen-bond donors (Lipinski definition) is 2. The van der Waals surface area contributed by atoms with Crippen molar-refractivity contribution < 1.29 is 14.2 Å². The minimum atomic E-state index is -0.252. The molecule has 1 saturated heterocycles. The molecule has 2 rings (SSSR count). The van der Waals surface area contributed by atoms with Crippen LogP contribution in [0.3, 0.4) is 0 Å². The summed E-state index contributed by atoms with van der Waals surface area (Å²) in [6.07, 6.45) is 0. The Kier molecular flexibility index (Phi) is 8.84. The monoisotopic (exact) mass is 378 g/mol. The van der Waals surface area contributed by atoms with Crippen LogP contribution < -0.4 is 15.4 Å². The second kappa shape index (κ2) is 11.1. The van der Waals surface area contributed by atoms with Crippen molar-refractivity contribution in [3.63, 3.8) is 0 Å². The molecule has 0 amide bonds. The molecule has 0 saturated carbocycles. The van der Waals surface area contributed by atoms with Crippen LogP contribution in [0, 0.1) is 0 Å². The standard InChI is InChI=1S/C20H34N4O3/c1-20(2,25-4)16-23-19(21-3)22-15-17-7-5-6-8-18(17)27-14-11-24-9-12-26-13-10-24/h5-8H,9-16H2,1-4H3,(H2,21,22,23). The van der Waals surface area contributed by atoms with Gasteiger partial charge in [0.05, 0.1) is 18.8 Å². The van der Waals surface area contributed by atoms with E-state index in [0.29, 0.717) is 19.7 Å². The third kappa shape index (κ3) is 7.74. The first-order valence-corrected chi connectivity index (χ1v) is 9.54. The fourth-order valence-corrected chi connectivity index (χ4v) is 2.67. The van der Waals surface area contributed by atoms with E-state index in [-0.39, 0.29) is 5.60 Å². The molecule has 0 aliphatic carbocycles. The highest BCUT2D eigenvalue weighted by Gasteiger charge is 2.16. The quantitative estimate of drug-likeness (QED) is 0.501. The average Bonchev–Trinajstić information content (AvgIpc) is 2.70. The number of aliphatic imine (C=N–C) groups is 1. The van der Waals surface area contributed by atoms with E-state index in [1.54, 1.807) is 14.2 Å². The molecule has 152 valence electrons. The number of nitrogens with one attached hydrogen (secondary N) is 2. The van der Waals surface area contributed by atoms with Gasteiger partial charge in [-0.3, -0.25) is 9.89 Å². The minimum absolute atomic E-state index is 0.252. The molecule has 0 atom stereocenters. The van der Waals surface area contributed by atoms with Crippen LogP contribution in [0.1, 0.15) is 19.4 Å². The third-order valence-corrected chi connectivity index (χ3v) is 4.65. The maximum absolute atomic E-state index is 6.03. The number of ether oxygens (including phenoxy) is 3. The topological polar surface area (TPSA) is 67.4 Å². The molecule has 1 fully saturated rings. The summed E-state index contributed by atoms with van der Waals surface area (Å²) >= 11 is 0. The maximum atomic E-state index is 6.03. The zero-order valence-electron chi connectivity index (χ0n) is 17.1. The number of morpholine rings is 1. The number of para-hydroxylation sites is 1. The zero-order valence-corrected chi connectivity index (χ0v) is 17.1. The van der Waals surface area contributed by atoms with Crippen LogP contribution in [-0.4, -0.2) is 76.6 Å². The van der Waals surface area contributed by atoms with Gasteiger partial charge >= 0.3 is 0 Å². The molecule has 27 heavy (non-hydrogen) atoms. The van der Waals surface area contributed by atoms with Crippen molar-refractivity contribution in [2.75, 3.05) is 60.2 Å². The van der Waals surface area contributed by atoms with E-state index in [1.807, 2.05) is 32.0 Å². The van der Waals surface area contributed by atoms with Crippen molar-refractivity contribution in [1.82, 2.24) is 15.5 Å². The Labute approximate surface area is 163 Å². The van der Waals surface area contributed by atoms with Crippen molar-refractivity contribution in [2.24, 2.45) is 4.99 Å². The summed E-state index contributed by atoms with van der Waals surface area (Å²) in [6.45, 7) is 10.5. The smallest absolute Gasteiger partial charge is 0.191 e. The van der Waals surface area contributed by atoms with Crippen LogP contribution in [0.4, 0.5) is 0 Å². The van der Waals surface area contributed by atoms with Crippen LogP contribution in [0.25, 0.3) is 0 Å². The molecule has 0 radical (unpaired) electrons. The predicted octanol–water partition coefficient (Wildman–Crippen LogP) is 1.49. The van der Waals surface area contributed by atoms with E-state index in [2.05, 4.69) is 26.6 Å². The predicted molar refractivity (Wildman–Crippen MR) is 108 cm³/mol. The molecule has 0 spiro atoms. The van der Waals surface area contributed by atoms with Crippen LogP contribution in [-0.2, 0) is 16.0 Å². The van der Waals surface area contributed by atoms with Crippen LogP contribution in [0.2, 0.25) is 0 Å². The van der Waals surface area contributed by atoms with Crippen LogP contribution in [0.5, 0.6) is 5.75 Å². The molecule has 7 nitrogen and oxygen atoms in total. The number of methoxy groups -OCH3 is 1. The number of guanidine groups is 1. The van der Waals surface area contributed by atoms with E-state index in [0.717, 1.165) is 50.1 Å². The summed E-state index contributed by atoms with van der Waals surface area (Å²) in [5.74, 6) is 1.65. The van der Waals surface area contributed by atoms with Crippen molar-refractivity contribution in [3.8, 4) is 5.75 Å². The van der Waals surface area contributed by atoms with Crippen LogP contribution >= 0.6 is 0 Å². The largest absolute Gasteiger partial charge is 0.492 e. The van der Waals surface area contributed by atoms with Crippen LogP contribution in [0.15, 0.2) is 29.3 Å². The lowest BCUT2D eigenvalue weighted by Crippen LogP contribution is -2.45. The number of rotatable bonds is 9. The van der Waals surface area contributed by atoms with Gasteiger partial charge < -0.3 is 24.8 Å². The van der Waals surface area contributed by atoms with E-state index in [4.69, 9.17) is 14.2 Å². The molecular formula is C20H34N4O3. The second-order valence-corrected chi connectivity index (χ2v) is 7.15.